The molecule has 0 saturated carbocycles. The lowest BCUT2D eigenvalue weighted by Gasteiger charge is -2.10. The third-order valence-corrected chi connectivity index (χ3v) is 5.79. The van der Waals surface area contributed by atoms with Crippen molar-refractivity contribution in [2.45, 2.75) is 26.0 Å². The van der Waals surface area contributed by atoms with E-state index in [1.807, 2.05) is 37.3 Å². The van der Waals surface area contributed by atoms with Crippen LogP contribution in [0.15, 0.2) is 41.8 Å². The molecule has 24 heavy (non-hydrogen) atoms. The predicted octanol–water partition coefficient (Wildman–Crippen LogP) is 3.80. The summed E-state index contributed by atoms with van der Waals surface area (Å²) in [6, 6.07) is 11.9. The molecular formula is C18H16N2O2S2. The first-order chi connectivity index (χ1) is 11.7. The van der Waals surface area contributed by atoms with Crippen LogP contribution in [0.1, 0.15) is 15.4 Å². The van der Waals surface area contributed by atoms with Gasteiger partial charge < -0.3 is 10.1 Å². The molecule has 3 aromatic rings. The van der Waals surface area contributed by atoms with E-state index in [4.69, 9.17) is 4.74 Å². The van der Waals surface area contributed by atoms with E-state index < -0.39 is 6.10 Å². The van der Waals surface area contributed by atoms with Crippen molar-refractivity contribution in [1.29, 1.82) is 0 Å². The first kappa shape index (κ1) is 15.4. The molecule has 2 aromatic heterocycles. The highest BCUT2D eigenvalue weighted by molar-refractivity contribution is 7.16. The van der Waals surface area contributed by atoms with Crippen molar-refractivity contribution in [3.8, 4) is 16.3 Å². The number of thiophene rings is 1. The predicted molar refractivity (Wildman–Crippen MR) is 96.6 cm³/mol. The van der Waals surface area contributed by atoms with Crippen LogP contribution >= 0.6 is 22.7 Å². The summed E-state index contributed by atoms with van der Waals surface area (Å²) in [6.07, 6.45) is 0.207. The fourth-order valence-electron chi connectivity index (χ4n) is 2.70. The van der Waals surface area contributed by atoms with Gasteiger partial charge in [-0.2, -0.15) is 0 Å². The molecule has 4 rings (SSSR count). The molecule has 0 saturated heterocycles. The number of amides is 1. The average Bonchev–Trinajstić information content (AvgIpc) is 3.31. The highest BCUT2D eigenvalue weighted by Gasteiger charge is 2.28. The number of nitrogens with one attached hydrogen (secondary N) is 1. The Kier molecular flexibility index (Phi) is 4.08. The molecule has 1 atom stereocenters. The number of carbonyl (C=O) groups is 1. The first-order valence-electron chi connectivity index (χ1n) is 7.72. The number of aryl methyl sites for hydroxylation is 1. The maximum absolute atomic E-state index is 12.3. The number of carbonyl (C=O) groups excluding carboxylic acids is 1. The Morgan fingerprint density at radius 1 is 1.33 bits per heavy atom. The van der Waals surface area contributed by atoms with E-state index in [1.165, 1.54) is 0 Å². The summed E-state index contributed by atoms with van der Waals surface area (Å²) in [5, 5.41) is 6.10. The molecule has 0 bridgehead atoms. The van der Waals surface area contributed by atoms with Crippen LogP contribution in [-0.2, 0) is 17.8 Å². The molecule has 1 amide bonds. The molecule has 122 valence electrons. The molecule has 3 heterocycles. The average molecular weight is 356 g/mol. The molecule has 0 radical (unpaired) electrons. The van der Waals surface area contributed by atoms with Crippen molar-refractivity contribution in [2.24, 2.45) is 0 Å². The molecule has 1 aliphatic heterocycles. The third-order valence-electron chi connectivity index (χ3n) is 3.91. The van der Waals surface area contributed by atoms with Crippen LogP contribution in [0.3, 0.4) is 0 Å². The lowest BCUT2D eigenvalue weighted by molar-refractivity contribution is -0.127. The largest absolute Gasteiger partial charge is 0.480 e. The van der Waals surface area contributed by atoms with Gasteiger partial charge in [0.2, 0.25) is 0 Å². The Morgan fingerprint density at radius 2 is 2.21 bits per heavy atom. The van der Waals surface area contributed by atoms with E-state index in [-0.39, 0.29) is 5.91 Å². The second kappa shape index (κ2) is 6.37. The van der Waals surface area contributed by atoms with Crippen molar-refractivity contribution < 1.29 is 9.53 Å². The molecule has 0 unspecified atom stereocenters. The number of thiazole rings is 1. The molecule has 0 aliphatic carbocycles. The number of ether oxygens (including phenoxy) is 1. The molecule has 0 spiro atoms. The summed E-state index contributed by atoms with van der Waals surface area (Å²) in [7, 11) is 0. The minimum Gasteiger partial charge on any atom is -0.480 e. The summed E-state index contributed by atoms with van der Waals surface area (Å²) in [5.74, 6) is 0.751. The molecule has 1 aliphatic rings. The number of hydrogen-bond donors (Lipinski definition) is 1. The van der Waals surface area contributed by atoms with Crippen LogP contribution in [-0.4, -0.2) is 17.0 Å². The molecule has 6 heteroatoms. The Balaban J connectivity index is 1.36. The molecule has 0 fully saturated rings. The highest BCUT2D eigenvalue weighted by atomic mass is 32.1. The van der Waals surface area contributed by atoms with Crippen molar-refractivity contribution in [2.75, 3.05) is 0 Å². The monoisotopic (exact) mass is 356 g/mol. The number of rotatable bonds is 4. The van der Waals surface area contributed by atoms with E-state index in [0.29, 0.717) is 13.0 Å². The van der Waals surface area contributed by atoms with Gasteiger partial charge in [-0.1, -0.05) is 18.2 Å². The van der Waals surface area contributed by atoms with Crippen LogP contribution in [0.2, 0.25) is 0 Å². The van der Waals surface area contributed by atoms with Gasteiger partial charge in [0.1, 0.15) is 5.75 Å². The summed E-state index contributed by atoms with van der Waals surface area (Å²) in [6.45, 7) is 2.52. The van der Waals surface area contributed by atoms with Crippen LogP contribution in [0.25, 0.3) is 10.6 Å². The maximum Gasteiger partial charge on any atom is 0.261 e. The highest BCUT2D eigenvalue weighted by Crippen LogP contribution is 2.30. The van der Waals surface area contributed by atoms with Gasteiger partial charge in [-0.15, -0.1) is 22.7 Å². The fourth-order valence-corrected chi connectivity index (χ4v) is 4.30. The van der Waals surface area contributed by atoms with E-state index in [1.54, 1.807) is 22.7 Å². The number of hydrogen-bond acceptors (Lipinski definition) is 5. The summed E-state index contributed by atoms with van der Waals surface area (Å²) in [5.41, 5.74) is 2.10. The quantitative estimate of drug-likeness (QED) is 0.773. The number of benzene rings is 1. The second-order valence-electron chi connectivity index (χ2n) is 5.65. The van der Waals surface area contributed by atoms with Gasteiger partial charge >= 0.3 is 0 Å². The lowest BCUT2D eigenvalue weighted by atomic mass is 10.1. The van der Waals surface area contributed by atoms with Crippen molar-refractivity contribution >= 4 is 28.6 Å². The van der Waals surface area contributed by atoms with Gasteiger partial charge in [-0.3, -0.25) is 4.79 Å². The summed E-state index contributed by atoms with van der Waals surface area (Å²) < 4.78 is 5.72. The maximum atomic E-state index is 12.3. The van der Waals surface area contributed by atoms with Crippen LogP contribution in [0.5, 0.6) is 5.75 Å². The van der Waals surface area contributed by atoms with Crippen LogP contribution in [0, 0.1) is 6.92 Å². The normalized spacial score (nSPS) is 15.8. The van der Waals surface area contributed by atoms with Gasteiger partial charge in [-0.05, 0) is 30.7 Å². The zero-order chi connectivity index (χ0) is 16.5. The lowest BCUT2D eigenvalue weighted by Crippen LogP contribution is -2.36. The zero-order valence-electron chi connectivity index (χ0n) is 13.1. The van der Waals surface area contributed by atoms with Gasteiger partial charge in [-0.25, -0.2) is 4.98 Å². The van der Waals surface area contributed by atoms with Gasteiger partial charge in [0, 0.05) is 16.7 Å². The van der Waals surface area contributed by atoms with E-state index >= 15 is 0 Å². The number of nitrogens with zero attached hydrogens (tertiary/aromatic N) is 1. The molecule has 1 aromatic carbocycles. The topological polar surface area (TPSA) is 51.2 Å². The number of fused-ring (bicyclic) bond motifs is 1. The Labute approximate surface area is 148 Å². The minimum absolute atomic E-state index is 0.0642. The zero-order valence-corrected chi connectivity index (χ0v) is 14.7. The molecular weight excluding hydrogens is 340 g/mol. The van der Waals surface area contributed by atoms with Crippen LogP contribution < -0.4 is 10.1 Å². The van der Waals surface area contributed by atoms with Gasteiger partial charge in [0.15, 0.2) is 6.10 Å². The number of aromatic nitrogens is 1. The summed E-state index contributed by atoms with van der Waals surface area (Å²) in [4.78, 5) is 19.1. The number of para-hydroxylation sites is 1. The smallest absolute Gasteiger partial charge is 0.261 e. The Hall–Kier alpha value is -2.18. The van der Waals surface area contributed by atoms with Crippen molar-refractivity contribution in [1.82, 2.24) is 10.3 Å². The summed E-state index contributed by atoms with van der Waals surface area (Å²) >= 11 is 3.31. The van der Waals surface area contributed by atoms with Gasteiger partial charge in [0.25, 0.3) is 5.91 Å². The van der Waals surface area contributed by atoms with E-state index in [9.17, 15) is 4.79 Å². The Morgan fingerprint density at radius 3 is 3.00 bits per heavy atom. The van der Waals surface area contributed by atoms with Crippen molar-refractivity contribution in [3.05, 3.63) is 57.2 Å². The van der Waals surface area contributed by atoms with Gasteiger partial charge in [0.05, 0.1) is 22.1 Å². The van der Waals surface area contributed by atoms with Crippen LogP contribution in [0.4, 0.5) is 0 Å². The van der Waals surface area contributed by atoms with E-state index in [2.05, 4.69) is 21.7 Å². The fraction of sp³-hybridized carbons (Fsp3) is 0.222. The first-order valence-corrected chi connectivity index (χ1v) is 9.42. The molecule has 4 nitrogen and oxygen atoms in total. The standard InChI is InChI=1S/C18H16N2O2S2/c1-11-20-14(10-23-11)17-7-6-13(24-17)9-19-18(21)16-8-12-4-2-3-5-15(12)22-16/h2-7,10,16H,8-9H2,1H3,(H,19,21)/t16-/m0/s1. The van der Waals surface area contributed by atoms with Crippen molar-refractivity contribution in [3.63, 3.8) is 0 Å². The third kappa shape index (κ3) is 3.07. The SMILES string of the molecule is Cc1nc(-c2ccc(CNC(=O)[C@@H]3Cc4ccccc4O3)s2)cs1. The Bertz CT molecular complexity index is 860. The second-order valence-corrected chi connectivity index (χ2v) is 7.88. The minimum atomic E-state index is -0.428. The van der Waals surface area contributed by atoms with E-state index in [0.717, 1.165) is 31.8 Å². The molecule has 1 N–H and O–H groups in total.